The van der Waals surface area contributed by atoms with E-state index in [0.717, 1.165) is 28.9 Å². The normalized spacial score (nSPS) is 16.1. The first-order valence-corrected chi connectivity index (χ1v) is 7.80. The summed E-state index contributed by atoms with van der Waals surface area (Å²) in [5, 5.41) is 6.65. The summed E-state index contributed by atoms with van der Waals surface area (Å²) in [7, 11) is 0. The summed E-state index contributed by atoms with van der Waals surface area (Å²) in [5.74, 6) is 0.997. The minimum absolute atomic E-state index is 0.627. The Labute approximate surface area is 117 Å². The van der Waals surface area contributed by atoms with Gasteiger partial charge in [0.25, 0.3) is 0 Å². The van der Waals surface area contributed by atoms with Gasteiger partial charge in [-0.3, -0.25) is 0 Å². The highest BCUT2D eigenvalue weighted by molar-refractivity contribution is 7.09. The van der Waals surface area contributed by atoms with Crippen LogP contribution in [-0.2, 0) is 6.54 Å². The van der Waals surface area contributed by atoms with Crippen LogP contribution in [0, 0.1) is 13.8 Å². The van der Waals surface area contributed by atoms with E-state index in [-0.39, 0.29) is 0 Å². The molecule has 0 radical (unpaired) electrons. The zero-order valence-corrected chi connectivity index (χ0v) is 12.3. The van der Waals surface area contributed by atoms with Gasteiger partial charge in [-0.15, -0.1) is 11.3 Å². The Hall–Kier alpha value is -1.36. The Balaban J connectivity index is 1.73. The molecule has 2 aromatic heterocycles. The van der Waals surface area contributed by atoms with Crippen molar-refractivity contribution < 1.29 is 0 Å². The van der Waals surface area contributed by atoms with Crippen LogP contribution in [0.25, 0.3) is 0 Å². The van der Waals surface area contributed by atoms with Crippen molar-refractivity contribution in [3.05, 3.63) is 28.0 Å². The lowest BCUT2D eigenvalue weighted by Crippen LogP contribution is -2.10. The number of thiazole rings is 1. The molecule has 0 atom stereocenters. The van der Waals surface area contributed by atoms with Gasteiger partial charge in [-0.1, -0.05) is 12.8 Å². The summed E-state index contributed by atoms with van der Waals surface area (Å²) in [5.41, 5.74) is 2.18. The number of anilines is 1. The smallest absolute Gasteiger partial charge is 0.203 e. The summed E-state index contributed by atoms with van der Waals surface area (Å²) >= 11 is 1.70. The van der Waals surface area contributed by atoms with E-state index in [1.165, 1.54) is 25.7 Å². The molecule has 4 nitrogen and oxygen atoms in total. The summed E-state index contributed by atoms with van der Waals surface area (Å²) in [6, 6.07) is 0.627. The molecule has 5 heteroatoms. The molecular weight excluding hydrogens is 256 g/mol. The fourth-order valence-electron chi connectivity index (χ4n) is 2.75. The largest absolute Gasteiger partial charge is 0.349 e. The van der Waals surface area contributed by atoms with E-state index in [2.05, 4.69) is 38.4 Å². The fourth-order valence-corrected chi connectivity index (χ4v) is 3.46. The third-order valence-electron chi connectivity index (χ3n) is 3.64. The van der Waals surface area contributed by atoms with E-state index >= 15 is 0 Å². The number of aromatic nitrogens is 3. The molecule has 0 aromatic carbocycles. The number of hydrogen-bond donors (Lipinski definition) is 1. The monoisotopic (exact) mass is 276 g/mol. The van der Waals surface area contributed by atoms with Crippen molar-refractivity contribution >= 4 is 17.3 Å². The maximum absolute atomic E-state index is 4.61. The van der Waals surface area contributed by atoms with E-state index in [9.17, 15) is 0 Å². The molecule has 1 aliphatic rings. The molecule has 0 amide bonds. The number of rotatable bonds is 4. The molecule has 0 aliphatic heterocycles. The topological polar surface area (TPSA) is 42.7 Å². The average molecular weight is 276 g/mol. The number of aryl methyl sites for hydroxylation is 2. The molecular formula is C14H20N4S. The van der Waals surface area contributed by atoms with Crippen molar-refractivity contribution in [3.8, 4) is 0 Å². The van der Waals surface area contributed by atoms with E-state index in [1.54, 1.807) is 11.3 Å². The first-order chi connectivity index (χ1) is 9.22. The van der Waals surface area contributed by atoms with Gasteiger partial charge in [-0.25, -0.2) is 9.97 Å². The number of imidazole rings is 1. The Bertz CT molecular complexity index is 552. The molecule has 0 unspecified atom stereocenters. The lowest BCUT2D eigenvalue weighted by Gasteiger charge is -2.15. The second-order valence-electron chi connectivity index (χ2n) is 5.29. The molecule has 1 fully saturated rings. The van der Waals surface area contributed by atoms with Crippen LogP contribution in [0.1, 0.15) is 48.1 Å². The van der Waals surface area contributed by atoms with Gasteiger partial charge in [0.05, 0.1) is 12.2 Å². The number of nitrogens with one attached hydrogen (secondary N) is 1. The van der Waals surface area contributed by atoms with E-state index < -0.39 is 0 Å². The zero-order chi connectivity index (χ0) is 13.2. The lowest BCUT2D eigenvalue weighted by molar-refractivity contribution is 0.522. The van der Waals surface area contributed by atoms with E-state index in [0.29, 0.717) is 6.04 Å². The van der Waals surface area contributed by atoms with Crippen LogP contribution in [0.15, 0.2) is 11.6 Å². The molecule has 1 saturated carbocycles. The summed E-state index contributed by atoms with van der Waals surface area (Å²) in [6.45, 7) is 4.86. The number of nitrogens with zero attached hydrogens (tertiary/aromatic N) is 3. The minimum Gasteiger partial charge on any atom is -0.349 e. The van der Waals surface area contributed by atoms with Gasteiger partial charge in [-0.05, 0) is 26.7 Å². The first kappa shape index (κ1) is 12.7. The average Bonchev–Trinajstić information content (AvgIpc) is 3.07. The fraction of sp³-hybridized carbons (Fsp3) is 0.571. The van der Waals surface area contributed by atoms with Crippen LogP contribution in [0.4, 0.5) is 5.95 Å². The van der Waals surface area contributed by atoms with Crippen LogP contribution in [0.3, 0.4) is 0 Å². The lowest BCUT2D eigenvalue weighted by atomic mass is 10.2. The van der Waals surface area contributed by atoms with Crippen LogP contribution < -0.4 is 5.32 Å². The van der Waals surface area contributed by atoms with Crippen LogP contribution in [0.5, 0.6) is 0 Å². The molecule has 3 rings (SSSR count). The maximum Gasteiger partial charge on any atom is 0.203 e. The quantitative estimate of drug-likeness (QED) is 0.926. The molecule has 102 valence electrons. The standard InChI is InChI=1S/C14H20N4S/c1-10-8-18(12-5-3-4-6-12)14(17-10)15-7-13-16-11(2)9-19-13/h8-9,12H,3-7H2,1-2H3,(H,15,17). The molecule has 0 bridgehead atoms. The predicted molar refractivity (Wildman–Crippen MR) is 78.6 cm³/mol. The first-order valence-electron chi connectivity index (χ1n) is 6.93. The van der Waals surface area contributed by atoms with Gasteiger partial charge >= 0.3 is 0 Å². The Morgan fingerprint density at radius 2 is 2.05 bits per heavy atom. The maximum atomic E-state index is 4.61. The Morgan fingerprint density at radius 1 is 1.26 bits per heavy atom. The third-order valence-corrected chi connectivity index (χ3v) is 4.60. The SMILES string of the molecule is Cc1csc(CNc2nc(C)cn2C2CCCC2)n1. The van der Waals surface area contributed by atoms with Gasteiger partial charge in [0.15, 0.2) is 0 Å². The van der Waals surface area contributed by atoms with Crippen molar-refractivity contribution in [2.75, 3.05) is 5.32 Å². The van der Waals surface area contributed by atoms with Gasteiger partial charge in [0.2, 0.25) is 5.95 Å². The van der Waals surface area contributed by atoms with Gasteiger partial charge in [0.1, 0.15) is 5.01 Å². The van der Waals surface area contributed by atoms with Gasteiger partial charge < -0.3 is 9.88 Å². The third kappa shape index (κ3) is 2.81. The molecule has 19 heavy (non-hydrogen) atoms. The van der Waals surface area contributed by atoms with Crippen LogP contribution in [0.2, 0.25) is 0 Å². The van der Waals surface area contributed by atoms with Gasteiger partial charge in [0, 0.05) is 23.3 Å². The second kappa shape index (κ2) is 5.33. The molecule has 2 heterocycles. The number of hydrogen-bond acceptors (Lipinski definition) is 4. The molecule has 0 spiro atoms. The molecule has 1 N–H and O–H groups in total. The second-order valence-corrected chi connectivity index (χ2v) is 6.23. The highest BCUT2D eigenvalue weighted by Crippen LogP contribution is 2.32. The van der Waals surface area contributed by atoms with Crippen LogP contribution >= 0.6 is 11.3 Å². The Morgan fingerprint density at radius 3 is 2.74 bits per heavy atom. The predicted octanol–water partition coefficient (Wildman–Crippen LogP) is 3.68. The van der Waals surface area contributed by atoms with Crippen molar-refractivity contribution in [3.63, 3.8) is 0 Å². The molecule has 0 saturated heterocycles. The van der Waals surface area contributed by atoms with Crippen LogP contribution in [-0.4, -0.2) is 14.5 Å². The summed E-state index contributed by atoms with van der Waals surface area (Å²) in [4.78, 5) is 9.08. The van der Waals surface area contributed by atoms with Crippen molar-refractivity contribution in [1.82, 2.24) is 14.5 Å². The highest BCUT2D eigenvalue weighted by Gasteiger charge is 2.20. The Kier molecular flexibility index (Phi) is 3.55. The highest BCUT2D eigenvalue weighted by atomic mass is 32.1. The van der Waals surface area contributed by atoms with Crippen molar-refractivity contribution in [1.29, 1.82) is 0 Å². The van der Waals surface area contributed by atoms with Crippen molar-refractivity contribution in [2.24, 2.45) is 0 Å². The molecule has 2 aromatic rings. The summed E-state index contributed by atoms with van der Waals surface area (Å²) < 4.78 is 2.32. The van der Waals surface area contributed by atoms with Gasteiger partial charge in [-0.2, -0.15) is 0 Å². The van der Waals surface area contributed by atoms with Crippen molar-refractivity contribution in [2.45, 2.75) is 52.1 Å². The summed E-state index contributed by atoms with van der Waals surface area (Å²) in [6.07, 6.45) is 7.41. The van der Waals surface area contributed by atoms with E-state index in [1.807, 2.05) is 6.92 Å². The molecule has 1 aliphatic carbocycles. The van der Waals surface area contributed by atoms with E-state index in [4.69, 9.17) is 0 Å². The minimum atomic E-state index is 0.627. The zero-order valence-electron chi connectivity index (χ0n) is 11.5.